The normalized spacial score (nSPS) is 24.9. The summed E-state index contributed by atoms with van der Waals surface area (Å²) in [6.07, 6.45) is 3.18. The Morgan fingerprint density at radius 2 is 1.50 bits per heavy atom. The average molecular weight is 783 g/mol. The summed E-state index contributed by atoms with van der Waals surface area (Å²) >= 11 is 0. The van der Waals surface area contributed by atoms with E-state index in [4.69, 9.17) is 4.74 Å². The van der Waals surface area contributed by atoms with Crippen molar-refractivity contribution in [2.24, 2.45) is 23.7 Å². The van der Waals surface area contributed by atoms with E-state index in [-0.39, 0.29) is 59.5 Å². The molecule has 1 saturated heterocycles. The number of rotatable bonds is 9. The van der Waals surface area contributed by atoms with Crippen molar-refractivity contribution in [3.63, 3.8) is 0 Å². The van der Waals surface area contributed by atoms with Crippen molar-refractivity contribution < 1.29 is 38.9 Å². The Kier molecular flexibility index (Phi) is 9.29. The number of amides is 2. The maximum absolute atomic E-state index is 15.3. The number of ketones is 2. The number of fused-ring (bicyclic) bond motifs is 4. The minimum absolute atomic E-state index is 0.0166. The zero-order valence-corrected chi connectivity index (χ0v) is 31.7. The Hall–Kier alpha value is -6.96. The van der Waals surface area contributed by atoms with Crippen LogP contribution in [0.15, 0.2) is 109 Å². The second-order valence-corrected chi connectivity index (χ2v) is 15.2. The molecule has 8 rings (SSSR count). The van der Waals surface area contributed by atoms with Gasteiger partial charge in [-0.15, -0.1) is 0 Å². The summed E-state index contributed by atoms with van der Waals surface area (Å²) in [4.78, 5) is 84.7. The minimum Gasteiger partial charge on any atom is -0.504 e. The average Bonchev–Trinajstić information content (AvgIpc) is 3.48. The van der Waals surface area contributed by atoms with E-state index in [2.05, 4.69) is 0 Å². The number of nitro benzene ring substituents is 2. The Bertz CT molecular complexity index is 2460. The number of imide groups is 1. The van der Waals surface area contributed by atoms with Gasteiger partial charge in [-0.25, -0.2) is 4.90 Å². The summed E-state index contributed by atoms with van der Waals surface area (Å²) in [6.45, 7) is 1.99. The van der Waals surface area contributed by atoms with Gasteiger partial charge in [-0.05, 0) is 49.0 Å². The molecule has 2 amide bonds. The molecule has 0 radical (unpaired) electrons. The molecule has 0 aromatic heterocycles. The van der Waals surface area contributed by atoms with Gasteiger partial charge in [-0.1, -0.05) is 84.4 Å². The minimum atomic E-state index is -1.61. The van der Waals surface area contributed by atoms with Crippen LogP contribution in [0, 0.1) is 43.9 Å². The SMILES string of the molecule is CCOc1cccc(C2C3=CCC4C(=O)N(c5cc([N+](=O)[O-])c(N(C)C)c([N+](=O)[O-])c5)C(=O)C4C3CC3C(=O)C(c4ccccc4)=CC(=O)C32c2ccccc2)c1O. The fourth-order valence-corrected chi connectivity index (χ4v) is 9.97. The fourth-order valence-electron chi connectivity index (χ4n) is 9.97. The number of phenolic OH excluding ortho intramolecular Hbond substituents is 1. The van der Waals surface area contributed by atoms with E-state index in [0.29, 0.717) is 22.3 Å². The predicted molar refractivity (Wildman–Crippen MR) is 212 cm³/mol. The molecule has 3 aliphatic carbocycles. The van der Waals surface area contributed by atoms with Gasteiger partial charge in [0.2, 0.25) is 11.8 Å². The third kappa shape index (κ3) is 5.53. The number of ether oxygens (including phenoxy) is 1. The van der Waals surface area contributed by atoms with Crippen LogP contribution >= 0.6 is 0 Å². The number of Topliss-reactive ketones (excluding diaryl/α,β-unsaturated/α-hetero) is 1. The second-order valence-electron chi connectivity index (χ2n) is 15.2. The zero-order valence-electron chi connectivity index (χ0n) is 31.7. The summed E-state index contributed by atoms with van der Waals surface area (Å²) in [5, 5.41) is 36.5. The van der Waals surface area contributed by atoms with E-state index in [9.17, 15) is 34.9 Å². The van der Waals surface area contributed by atoms with Crippen LogP contribution in [0.5, 0.6) is 11.5 Å². The number of hydrogen-bond donors (Lipinski definition) is 1. The molecular formula is C44H38N4O10. The van der Waals surface area contributed by atoms with Gasteiger partial charge in [0.1, 0.15) is 0 Å². The van der Waals surface area contributed by atoms with Crippen molar-refractivity contribution in [1.82, 2.24) is 0 Å². The van der Waals surface area contributed by atoms with Crippen LogP contribution in [0.3, 0.4) is 0 Å². The quantitative estimate of drug-likeness (QED) is 0.0823. The first-order valence-corrected chi connectivity index (χ1v) is 18.9. The summed E-state index contributed by atoms with van der Waals surface area (Å²) in [6, 6.07) is 24.6. The lowest BCUT2D eigenvalue weighted by Gasteiger charge is -2.55. The summed E-state index contributed by atoms with van der Waals surface area (Å²) < 4.78 is 5.80. The smallest absolute Gasteiger partial charge is 0.301 e. The lowest BCUT2D eigenvalue weighted by atomic mass is 9.44. The van der Waals surface area contributed by atoms with Crippen molar-refractivity contribution in [2.75, 3.05) is 30.5 Å². The maximum Gasteiger partial charge on any atom is 0.301 e. The van der Waals surface area contributed by atoms with E-state index < -0.39 is 68.0 Å². The number of aromatic hydroxyl groups is 1. The molecule has 1 saturated carbocycles. The van der Waals surface area contributed by atoms with Crippen LogP contribution in [0.4, 0.5) is 22.7 Å². The largest absolute Gasteiger partial charge is 0.504 e. The Morgan fingerprint density at radius 3 is 2.10 bits per heavy atom. The molecule has 4 aromatic carbocycles. The molecule has 2 fully saturated rings. The third-order valence-corrected chi connectivity index (χ3v) is 12.2. The van der Waals surface area contributed by atoms with E-state index in [0.717, 1.165) is 17.0 Å². The first kappa shape index (κ1) is 37.9. The molecule has 0 bridgehead atoms. The number of allylic oxidation sites excluding steroid dienone is 4. The summed E-state index contributed by atoms with van der Waals surface area (Å²) in [5.74, 6) is -7.27. The van der Waals surface area contributed by atoms with Crippen molar-refractivity contribution in [1.29, 1.82) is 0 Å². The van der Waals surface area contributed by atoms with Crippen LogP contribution in [0.1, 0.15) is 42.4 Å². The molecule has 294 valence electrons. The van der Waals surface area contributed by atoms with Gasteiger partial charge in [0.15, 0.2) is 28.8 Å². The first-order valence-electron chi connectivity index (χ1n) is 18.9. The van der Waals surface area contributed by atoms with Crippen LogP contribution in [0.2, 0.25) is 0 Å². The molecule has 6 unspecified atom stereocenters. The Morgan fingerprint density at radius 1 is 0.862 bits per heavy atom. The zero-order chi connectivity index (χ0) is 41.2. The number of hydrogen-bond acceptors (Lipinski definition) is 11. The lowest BCUT2D eigenvalue weighted by Crippen LogP contribution is -2.58. The molecular weight excluding hydrogens is 745 g/mol. The second kappa shape index (κ2) is 14.2. The molecule has 1 N–H and O–H groups in total. The molecule has 1 heterocycles. The third-order valence-electron chi connectivity index (χ3n) is 12.2. The molecule has 14 nitrogen and oxygen atoms in total. The van der Waals surface area contributed by atoms with Gasteiger partial charge in [0, 0.05) is 49.2 Å². The Balaban J connectivity index is 1.35. The van der Waals surface area contributed by atoms with Gasteiger partial charge in [0.05, 0.1) is 39.4 Å². The van der Waals surface area contributed by atoms with Crippen molar-refractivity contribution in [2.45, 2.75) is 31.1 Å². The topological polar surface area (TPSA) is 190 Å². The van der Waals surface area contributed by atoms with Gasteiger partial charge in [-0.2, -0.15) is 0 Å². The number of nitrogens with zero attached hydrogens (tertiary/aromatic N) is 4. The Labute approximate surface area is 332 Å². The highest BCUT2D eigenvalue weighted by Crippen LogP contribution is 2.65. The number of phenols is 1. The van der Waals surface area contributed by atoms with Gasteiger partial charge in [0.25, 0.3) is 0 Å². The monoisotopic (exact) mass is 782 g/mol. The highest BCUT2D eigenvalue weighted by molar-refractivity contribution is 6.32. The first-order chi connectivity index (χ1) is 27.8. The fraction of sp³-hybridized carbons (Fsp3) is 0.273. The van der Waals surface area contributed by atoms with E-state index in [1.54, 1.807) is 85.8 Å². The van der Waals surface area contributed by atoms with Crippen LogP contribution in [0.25, 0.3) is 5.57 Å². The number of benzene rings is 4. The van der Waals surface area contributed by atoms with Crippen LogP contribution in [-0.2, 0) is 24.6 Å². The number of carbonyl (C=O) groups is 4. The van der Waals surface area contributed by atoms with E-state index >= 15 is 9.59 Å². The van der Waals surface area contributed by atoms with Gasteiger partial charge in [-0.3, -0.25) is 39.4 Å². The lowest BCUT2D eigenvalue weighted by molar-refractivity contribution is -0.392. The van der Waals surface area contributed by atoms with Crippen molar-refractivity contribution >= 4 is 51.7 Å². The molecule has 1 aliphatic heterocycles. The maximum atomic E-state index is 15.3. The molecule has 6 atom stereocenters. The number of carbonyl (C=O) groups excluding carboxylic acids is 4. The molecule has 4 aliphatic rings. The predicted octanol–water partition coefficient (Wildman–Crippen LogP) is 6.70. The molecule has 0 spiro atoms. The number of nitro groups is 2. The summed E-state index contributed by atoms with van der Waals surface area (Å²) in [7, 11) is 2.82. The highest BCUT2D eigenvalue weighted by Gasteiger charge is 2.66. The van der Waals surface area contributed by atoms with Gasteiger partial charge < -0.3 is 14.7 Å². The number of anilines is 2. The van der Waals surface area contributed by atoms with E-state index in [1.807, 2.05) is 6.08 Å². The van der Waals surface area contributed by atoms with E-state index in [1.165, 1.54) is 25.1 Å². The number of para-hydroxylation sites is 1. The standard InChI is InChI=1S/C44H38N4O10/c1-4-58-35-17-11-16-29(41(35)51)38-27-18-19-28-37(43(53)46(42(28)52)26-20-33(47(54)55)39(45(2)3)34(21-26)48(56)57)31(27)22-32-40(50)30(24-12-7-5-8-13-24)23-36(49)44(32,38)25-14-9-6-10-15-25/h5-18,20-21,23,28,31-32,37-38,51H,4,19,22H2,1-3H3. The van der Waals surface area contributed by atoms with Crippen molar-refractivity contribution in [3.8, 4) is 11.5 Å². The van der Waals surface area contributed by atoms with Crippen LogP contribution < -0.4 is 14.5 Å². The van der Waals surface area contributed by atoms with Crippen molar-refractivity contribution in [3.05, 3.63) is 146 Å². The molecule has 4 aromatic rings. The molecule has 14 heteroatoms. The highest BCUT2D eigenvalue weighted by atomic mass is 16.6. The molecule has 58 heavy (non-hydrogen) atoms. The van der Waals surface area contributed by atoms with Crippen LogP contribution in [-0.4, -0.2) is 59.0 Å². The summed E-state index contributed by atoms with van der Waals surface area (Å²) in [5.41, 5.74) is -1.42. The van der Waals surface area contributed by atoms with Gasteiger partial charge >= 0.3 is 11.4 Å².